The summed E-state index contributed by atoms with van der Waals surface area (Å²) in [5, 5.41) is 2.64. The summed E-state index contributed by atoms with van der Waals surface area (Å²) in [6.07, 6.45) is -1.20. The second-order valence-electron chi connectivity index (χ2n) is 4.06. The van der Waals surface area contributed by atoms with E-state index in [1.54, 1.807) is 28.8 Å². The number of fused-ring (bicyclic) bond motifs is 1. The van der Waals surface area contributed by atoms with E-state index in [1.165, 1.54) is 6.08 Å². The Morgan fingerprint density at radius 2 is 2.37 bits per heavy atom. The Hall–Kier alpha value is -1.56. The second-order valence-corrected chi connectivity index (χ2v) is 5.20. The predicted molar refractivity (Wildman–Crippen MR) is 74.2 cm³/mol. The van der Waals surface area contributed by atoms with E-state index in [9.17, 15) is 13.6 Å². The summed E-state index contributed by atoms with van der Waals surface area (Å²) in [6.45, 7) is 3.67. The third-order valence-electron chi connectivity index (χ3n) is 2.73. The second kappa shape index (κ2) is 6.06. The van der Waals surface area contributed by atoms with Crippen LogP contribution >= 0.6 is 11.8 Å². The molecule has 0 spiro atoms. The van der Waals surface area contributed by atoms with Gasteiger partial charge in [-0.1, -0.05) is 6.58 Å². The highest BCUT2D eigenvalue weighted by atomic mass is 32.2. The third kappa shape index (κ3) is 3.47. The molecular formula is C13H14F2N2OS. The van der Waals surface area contributed by atoms with E-state index >= 15 is 0 Å². The van der Waals surface area contributed by atoms with Crippen molar-refractivity contribution in [3.8, 4) is 0 Å². The number of thioether (sulfide) groups is 1. The van der Waals surface area contributed by atoms with Crippen LogP contribution in [0.1, 0.15) is 0 Å². The minimum Gasteiger partial charge on any atom is -0.364 e. The predicted octanol–water partition coefficient (Wildman–Crippen LogP) is 2.99. The molecule has 6 heteroatoms. The average Bonchev–Trinajstić information content (AvgIpc) is 2.38. The fourth-order valence-corrected chi connectivity index (χ4v) is 2.93. The van der Waals surface area contributed by atoms with Crippen LogP contribution in [-0.4, -0.2) is 31.2 Å². The quantitative estimate of drug-likeness (QED) is 0.863. The molecule has 0 atom stereocenters. The molecule has 0 bridgehead atoms. The van der Waals surface area contributed by atoms with Crippen LogP contribution in [-0.2, 0) is 4.79 Å². The number of carbonyl (C=O) groups is 1. The summed E-state index contributed by atoms with van der Waals surface area (Å²) in [4.78, 5) is 13.9. The van der Waals surface area contributed by atoms with Crippen molar-refractivity contribution in [3.63, 3.8) is 0 Å². The summed E-state index contributed by atoms with van der Waals surface area (Å²) in [7, 11) is 0. The first kappa shape index (κ1) is 13.9. The van der Waals surface area contributed by atoms with Crippen molar-refractivity contribution in [2.75, 3.05) is 29.1 Å². The van der Waals surface area contributed by atoms with Crippen molar-refractivity contribution in [2.24, 2.45) is 0 Å². The zero-order valence-electron chi connectivity index (χ0n) is 10.2. The molecule has 1 heterocycles. The number of nitrogens with zero attached hydrogens (tertiary/aromatic N) is 1. The van der Waals surface area contributed by atoms with Gasteiger partial charge in [-0.25, -0.2) is 8.78 Å². The maximum atomic E-state index is 12.5. The lowest BCUT2D eigenvalue weighted by Gasteiger charge is -2.30. The van der Waals surface area contributed by atoms with E-state index < -0.39 is 6.43 Å². The van der Waals surface area contributed by atoms with Gasteiger partial charge in [0.15, 0.2) is 0 Å². The van der Waals surface area contributed by atoms with Gasteiger partial charge in [0, 0.05) is 22.9 Å². The molecule has 0 radical (unpaired) electrons. The van der Waals surface area contributed by atoms with Gasteiger partial charge in [-0.3, -0.25) is 4.79 Å². The van der Waals surface area contributed by atoms with Gasteiger partial charge in [0.25, 0.3) is 6.43 Å². The lowest BCUT2D eigenvalue weighted by molar-refractivity contribution is -0.111. The topological polar surface area (TPSA) is 32.3 Å². The van der Waals surface area contributed by atoms with Gasteiger partial charge in [-0.15, -0.1) is 11.8 Å². The monoisotopic (exact) mass is 284 g/mol. The van der Waals surface area contributed by atoms with Crippen LogP contribution in [0.5, 0.6) is 0 Å². The molecule has 0 saturated heterocycles. The molecule has 0 saturated carbocycles. The Morgan fingerprint density at radius 1 is 1.58 bits per heavy atom. The number of amides is 1. The number of hydrogen-bond donors (Lipinski definition) is 1. The van der Waals surface area contributed by atoms with Crippen molar-refractivity contribution in [3.05, 3.63) is 30.9 Å². The van der Waals surface area contributed by atoms with E-state index in [2.05, 4.69) is 11.9 Å². The Balaban J connectivity index is 2.24. The van der Waals surface area contributed by atoms with Crippen LogP contribution in [0.2, 0.25) is 0 Å². The Morgan fingerprint density at radius 3 is 3.05 bits per heavy atom. The van der Waals surface area contributed by atoms with E-state index in [-0.39, 0.29) is 12.5 Å². The number of anilines is 2. The average molecular weight is 284 g/mol. The van der Waals surface area contributed by atoms with Gasteiger partial charge in [0.2, 0.25) is 5.91 Å². The molecule has 3 nitrogen and oxygen atoms in total. The molecule has 19 heavy (non-hydrogen) atoms. The molecule has 1 aliphatic heterocycles. The molecule has 1 aromatic rings. The first-order valence-electron chi connectivity index (χ1n) is 5.83. The van der Waals surface area contributed by atoms with Gasteiger partial charge >= 0.3 is 0 Å². The van der Waals surface area contributed by atoms with Crippen LogP contribution in [0.25, 0.3) is 0 Å². The molecule has 1 aliphatic rings. The van der Waals surface area contributed by atoms with E-state index in [0.29, 0.717) is 12.2 Å². The number of benzene rings is 1. The van der Waals surface area contributed by atoms with Crippen LogP contribution in [0.15, 0.2) is 35.7 Å². The zero-order valence-corrected chi connectivity index (χ0v) is 11.1. The van der Waals surface area contributed by atoms with Gasteiger partial charge in [0.1, 0.15) is 0 Å². The SMILES string of the molecule is C=CC(=O)Nc1ccc2c(c1)N(CC(F)F)CCS2. The van der Waals surface area contributed by atoms with Gasteiger partial charge in [-0.05, 0) is 24.3 Å². The summed E-state index contributed by atoms with van der Waals surface area (Å²) in [5.41, 5.74) is 1.34. The maximum Gasteiger partial charge on any atom is 0.255 e. The minimum absolute atomic E-state index is 0.285. The van der Waals surface area contributed by atoms with Gasteiger partial charge in [-0.2, -0.15) is 0 Å². The Bertz CT molecular complexity index is 494. The third-order valence-corrected chi connectivity index (χ3v) is 3.77. The van der Waals surface area contributed by atoms with E-state index in [0.717, 1.165) is 16.3 Å². The maximum absolute atomic E-state index is 12.5. The number of halogens is 2. The summed E-state index contributed by atoms with van der Waals surface area (Å²) in [5.74, 6) is 0.474. The fraction of sp³-hybridized carbons (Fsp3) is 0.308. The Kier molecular flexibility index (Phi) is 4.42. The van der Waals surface area contributed by atoms with Crippen LogP contribution in [0.4, 0.5) is 20.2 Å². The number of hydrogen-bond acceptors (Lipinski definition) is 3. The molecule has 0 unspecified atom stereocenters. The van der Waals surface area contributed by atoms with Crippen molar-refractivity contribution in [1.82, 2.24) is 0 Å². The van der Waals surface area contributed by atoms with Crippen LogP contribution in [0, 0.1) is 0 Å². The smallest absolute Gasteiger partial charge is 0.255 e. The molecule has 2 rings (SSSR count). The summed E-state index contributed by atoms with van der Waals surface area (Å²) >= 11 is 1.63. The number of alkyl halides is 2. The summed E-state index contributed by atoms with van der Waals surface area (Å²) in [6, 6.07) is 5.33. The van der Waals surface area contributed by atoms with Crippen molar-refractivity contribution >= 4 is 29.0 Å². The summed E-state index contributed by atoms with van der Waals surface area (Å²) < 4.78 is 25.1. The highest BCUT2D eigenvalue weighted by Crippen LogP contribution is 2.36. The van der Waals surface area contributed by atoms with Gasteiger partial charge < -0.3 is 10.2 Å². The van der Waals surface area contributed by atoms with Crippen molar-refractivity contribution < 1.29 is 13.6 Å². The molecule has 1 amide bonds. The van der Waals surface area contributed by atoms with Crippen LogP contribution in [0.3, 0.4) is 0 Å². The highest BCUT2D eigenvalue weighted by molar-refractivity contribution is 7.99. The van der Waals surface area contributed by atoms with E-state index in [4.69, 9.17) is 0 Å². The molecule has 0 aliphatic carbocycles. The minimum atomic E-state index is -2.37. The lowest BCUT2D eigenvalue weighted by Crippen LogP contribution is -2.33. The highest BCUT2D eigenvalue weighted by Gasteiger charge is 2.20. The lowest BCUT2D eigenvalue weighted by atomic mass is 10.2. The van der Waals surface area contributed by atoms with Crippen molar-refractivity contribution in [2.45, 2.75) is 11.3 Å². The van der Waals surface area contributed by atoms with Gasteiger partial charge in [0.05, 0.1) is 12.2 Å². The molecule has 0 fully saturated rings. The molecule has 1 N–H and O–H groups in total. The number of rotatable bonds is 4. The standard InChI is InChI=1S/C13H14F2N2OS/c1-2-13(18)16-9-3-4-11-10(7-9)17(5-6-19-11)8-12(14)15/h2-4,7,12H,1,5-6,8H2,(H,16,18). The number of nitrogens with one attached hydrogen (secondary N) is 1. The first-order valence-corrected chi connectivity index (χ1v) is 6.82. The molecule has 1 aromatic carbocycles. The van der Waals surface area contributed by atoms with E-state index in [1.807, 2.05) is 6.07 Å². The largest absolute Gasteiger partial charge is 0.364 e. The van der Waals surface area contributed by atoms with Crippen LogP contribution < -0.4 is 10.2 Å². The fourth-order valence-electron chi connectivity index (χ4n) is 1.90. The number of carbonyl (C=O) groups excluding carboxylic acids is 1. The zero-order chi connectivity index (χ0) is 13.8. The molecule has 102 valence electrons. The molecule has 0 aromatic heterocycles. The first-order chi connectivity index (χ1) is 9.10. The normalized spacial score (nSPS) is 14.2. The van der Waals surface area contributed by atoms with Crippen molar-refractivity contribution in [1.29, 1.82) is 0 Å². The Labute approximate surface area is 114 Å². The molecular weight excluding hydrogens is 270 g/mol.